The quantitative estimate of drug-likeness (QED) is 0.652. The lowest BCUT2D eigenvalue weighted by atomic mass is 9.96. The molecule has 0 aromatic carbocycles. The summed E-state index contributed by atoms with van der Waals surface area (Å²) in [6, 6.07) is 2.83. The zero-order valence-corrected chi connectivity index (χ0v) is 19.7. The molecule has 178 valence electrons. The molecule has 6 nitrogen and oxygen atoms in total. The zero-order chi connectivity index (χ0) is 24.5. The third-order valence-corrected chi connectivity index (χ3v) is 5.85. The summed E-state index contributed by atoms with van der Waals surface area (Å²) in [4.78, 5) is 12.5. The number of hydrogen-bond acceptors (Lipinski definition) is 6. The van der Waals surface area contributed by atoms with E-state index in [4.69, 9.17) is 4.74 Å². The summed E-state index contributed by atoms with van der Waals surface area (Å²) in [5.41, 5.74) is 3.04. The van der Waals surface area contributed by atoms with Crippen LogP contribution in [0.15, 0.2) is 72.1 Å². The van der Waals surface area contributed by atoms with Crippen LogP contribution >= 0.6 is 0 Å². The van der Waals surface area contributed by atoms with Crippen LogP contribution in [0.4, 0.5) is 20.3 Å². The van der Waals surface area contributed by atoms with Crippen LogP contribution in [0.3, 0.4) is 0 Å². The van der Waals surface area contributed by atoms with E-state index in [1.165, 1.54) is 0 Å². The molecule has 4 rings (SSSR count). The minimum Gasteiger partial charge on any atom is -0.487 e. The predicted octanol–water partition coefficient (Wildman–Crippen LogP) is 4.92. The molecule has 34 heavy (non-hydrogen) atoms. The van der Waals surface area contributed by atoms with Crippen molar-refractivity contribution >= 4 is 11.5 Å². The van der Waals surface area contributed by atoms with Gasteiger partial charge in [-0.3, -0.25) is 4.98 Å². The van der Waals surface area contributed by atoms with Crippen molar-refractivity contribution in [2.24, 2.45) is 0 Å². The Bertz CT molecular complexity index is 1210. The fourth-order valence-electron chi connectivity index (χ4n) is 3.81. The Hall–Kier alpha value is -3.52. The zero-order valence-electron chi connectivity index (χ0n) is 19.7. The number of nitrogens with zero attached hydrogens (tertiary/aromatic N) is 4. The van der Waals surface area contributed by atoms with Crippen molar-refractivity contribution in [3.05, 3.63) is 95.0 Å². The van der Waals surface area contributed by atoms with E-state index in [2.05, 4.69) is 14.9 Å². The van der Waals surface area contributed by atoms with Gasteiger partial charge in [0.15, 0.2) is 5.82 Å². The number of aromatic nitrogens is 2. The second-order valence-electron chi connectivity index (χ2n) is 8.92. The van der Waals surface area contributed by atoms with Crippen molar-refractivity contribution in [2.45, 2.75) is 39.9 Å². The smallest absolute Gasteiger partial charge is 0.151 e. The molecule has 0 bridgehead atoms. The molecular weight excluding hydrogens is 438 g/mol. The van der Waals surface area contributed by atoms with E-state index in [1.54, 1.807) is 13.8 Å². The number of halogens is 2. The first-order valence-corrected chi connectivity index (χ1v) is 11.0. The fourth-order valence-corrected chi connectivity index (χ4v) is 3.81. The van der Waals surface area contributed by atoms with Gasteiger partial charge < -0.3 is 19.6 Å². The van der Waals surface area contributed by atoms with Gasteiger partial charge in [0.05, 0.1) is 11.8 Å². The highest BCUT2D eigenvalue weighted by atomic mass is 19.1. The Balaban J connectivity index is 1.48. The largest absolute Gasteiger partial charge is 0.487 e. The molecule has 1 N–H and O–H groups in total. The monoisotopic (exact) mass is 466 g/mol. The maximum atomic E-state index is 13.8. The summed E-state index contributed by atoms with van der Waals surface area (Å²) >= 11 is 0. The molecule has 2 aliphatic rings. The molecule has 8 heteroatoms. The third-order valence-electron chi connectivity index (χ3n) is 5.85. The highest BCUT2D eigenvalue weighted by Gasteiger charge is 2.24. The summed E-state index contributed by atoms with van der Waals surface area (Å²) in [5, 5.41) is 10.4. The second kappa shape index (κ2) is 9.38. The van der Waals surface area contributed by atoms with E-state index in [9.17, 15) is 13.9 Å². The Morgan fingerprint density at radius 3 is 2.65 bits per heavy atom. The molecule has 0 saturated heterocycles. The summed E-state index contributed by atoms with van der Waals surface area (Å²) in [6.45, 7) is 8.56. The van der Waals surface area contributed by atoms with Gasteiger partial charge in [0.2, 0.25) is 0 Å². The first-order valence-electron chi connectivity index (χ1n) is 11.0. The van der Waals surface area contributed by atoms with Crippen molar-refractivity contribution < 1.29 is 18.6 Å². The van der Waals surface area contributed by atoms with Gasteiger partial charge in [0.25, 0.3) is 0 Å². The summed E-state index contributed by atoms with van der Waals surface area (Å²) in [7, 11) is 0. The van der Waals surface area contributed by atoms with Crippen LogP contribution < -0.4 is 9.80 Å². The number of rotatable bonds is 6. The van der Waals surface area contributed by atoms with E-state index in [-0.39, 0.29) is 12.3 Å². The van der Waals surface area contributed by atoms with Crippen LogP contribution in [0.5, 0.6) is 0 Å². The highest BCUT2D eigenvalue weighted by Crippen LogP contribution is 2.31. The molecule has 0 unspecified atom stereocenters. The molecule has 0 atom stereocenters. The Labute approximate surface area is 198 Å². The van der Waals surface area contributed by atoms with Crippen LogP contribution in [-0.2, 0) is 11.3 Å². The van der Waals surface area contributed by atoms with Gasteiger partial charge in [-0.25, -0.2) is 13.8 Å². The van der Waals surface area contributed by atoms with Gasteiger partial charge in [-0.05, 0) is 57.1 Å². The molecule has 0 radical (unpaired) electrons. The van der Waals surface area contributed by atoms with Crippen molar-refractivity contribution in [3.8, 4) is 0 Å². The number of aliphatic hydroxyl groups is 1. The SMILES string of the molecule is CC1=CC(OCc2ncc(F)cc2F)=CCN1c1cc(N2C=CC=C(C(C)(C)O)C2)ncc1C. The van der Waals surface area contributed by atoms with E-state index < -0.39 is 17.2 Å². The lowest BCUT2D eigenvalue weighted by molar-refractivity contribution is 0.118. The Kier molecular flexibility index (Phi) is 6.52. The minimum atomic E-state index is -0.906. The average Bonchev–Trinajstić information content (AvgIpc) is 2.79. The number of ether oxygens (including phenoxy) is 1. The van der Waals surface area contributed by atoms with Crippen molar-refractivity contribution in [2.75, 3.05) is 22.9 Å². The highest BCUT2D eigenvalue weighted by molar-refractivity contribution is 5.65. The van der Waals surface area contributed by atoms with Gasteiger partial charge in [-0.2, -0.15) is 0 Å². The van der Waals surface area contributed by atoms with Crippen LogP contribution in [0.2, 0.25) is 0 Å². The standard InChI is InChI=1S/C26H28F2N4O2/c1-17-13-30-25(31-8-5-6-19(15-31)26(3,4)33)12-24(17)32-9-7-21(10-18(32)2)34-16-23-22(28)11-20(27)14-29-23/h5-8,10-14,33H,9,15-16H2,1-4H3. The van der Waals surface area contributed by atoms with Crippen molar-refractivity contribution in [1.29, 1.82) is 0 Å². The molecule has 0 fully saturated rings. The van der Waals surface area contributed by atoms with E-state index >= 15 is 0 Å². The lowest BCUT2D eigenvalue weighted by Crippen LogP contribution is -2.33. The Morgan fingerprint density at radius 2 is 1.94 bits per heavy atom. The first kappa shape index (κ1) is 23.6. The van der Waals surface area contributed by atoms with E-state index in [1.807, 2.05) is 61.5 Å². The number of allylic oxidation sites excluding steroid dienone is 4. The lowest BCUT2D eigenvalue weighted by Gasteiger charge is -2.32. The van der Waals surface area contributed by atoms with Crippen LogP contribution in [-0.4, -0.2) is 33.8 Å². The second-order valence-corrected chi connectivity index (χ2v) is 8.92. The third kappa shape index (κ3) is 5.17. The summed E-state index contributed by atoms with van der Waals surface area (Å²) in [6.07, 6.45) is 12.4. The molecule has 2 aromatic heterocycles. The minimum absolute atomic E-state index is 0.0551. The number of hydrogen-bond donors (Lipinski definition) is 1. The first-order chi connectivity index (χ1) is 16.1. The van der Waals surface area contributed by atoms with Gasteiger partial charge in [-0.15, -0.1) is 0 Å². The van der Waals surface area contributed by atoms with Crippen LogP contribution in [0.1, 0.15) is 32.0 Å². The van der Waals surface area contributed by atoms with Crippen LogP contribution in [0, 0.1) is 18.6 Å². The molecule has 0 aliphatic carbocycles. The van der Waals surface area contributed by atoms with E-state index in [0.29, 0.717) is 18.8 Å². The van der Waals surface area contributed by atoms with Gasteiger partial charge in [-0.1, -0.05) is 6.08 Å². The molecule has 4 heterocycles. The molecular formula is C26H28F2N4O2. The van der Waals surface area contributed by atoms with Gasteiger partial charge in [0.1, 0.15) is 29.7 Å². The van der Waals surface area contributed by atoms with Crippen LogP contribution in [0.25, 0.3) is 0 Å². The molecule has 0 spiro atoms. The van der Waals surface area contributed by atoms with Crippen molar-refractivity contribution in [3.63, 3.8) is 0 Å². The fraction of sp³-hybridized carbons (Fsp3) is 0.308. The number of aryl methyl sites for hydroxylation is 1. The maximum Gasteiger partial charge on any atom is 0.151 e. The van der Waals surface area contributed by atoms with E-state index in [0.717, 1.165) is 40.6 Å². The Morgan fingerprint density at radius 1 is 1.15 bits per heavy atom. The van der Waals surface area contributed by atoms with Gasteiger partial charge in [0, 0.05) is 49.0 Å². The molecule has 0 amide bonds. The maximum absolute atomic E-state index is 13.8. The molecule has 0 saturated carbocycles. The number of pyridine rings is 2. The van der Waals surface area contributed by atoms with Crippen molar-refractivity contribution in [1.82, 2.24) is 9.97 Å². The average molecular weight is 467 g/mol. The summed E-state index contributed by atoms with van der Waals surface area (Å²) < 4.78 is 32.6. The molecule has 2 aromatic rings. The normalized spacial score (nSPS) is 16.3. The number of anilines is 2. The van der Waals surface area contributed by atoms with Gasteiger partial charge >= 0.3 is 0 Å². The topological polar surface area (TPSA) is 61.7 Å². The predicted molar refractivity (Wildman–Crippen MR) is 128 cm³/mol. The summed E-state index contributed by atoms with van der Waals surface area (Å²) in [5.74, 6) is -0.0643. The molecule has 2 aliphatic heterocycles.